The average molecular weight is 547 g/mol. The van der Waals surface area contributed by atoms with Crippen LogP contribution in [-0.4, -0.2) is 33.4 Å². The summed E-state index contributed by atoms with van der Waals surface area (Å²) in [6, 6.07) is 11.3. The number of benzene rings is 2. The fourth-order valence-electron chi connectivity index (χ4n) is 4.20. The Labute approximate surface area is 220 Å². The van der Waals surface area contributed by atoms with Gasteiger partial charge in [0.2, 0.25) is 5.91 Å². The minimum absolute atomic E-state index is 0.0580. The molecule has 190 valence electrons. The van der Waals surface area contributed by atoms with Gasteiger partial charge in [-0.05, 0) is 75.4 Å². The number of nitrogens with zero attached hydrogens (tertiary/aromatic N) is 1. The van der Waals surface area contributed by atoms with Gasteiger partial charge >= 0.3 is 5.97 Å². The number of hydrogen-bond donors (Lipinski definition) is 1. The number of amides is 1. The Morgan fingerprint density at radius 1 is 1.11 bits per heavy atom. The van der Waals surface area contributed by atoms with Gasteiger partial charge in [0.1, 0.15) is 11.5 Å². The van der Waals surface area contributed by atoms with Gasteiger partial charge < -0.3 is 10.1 Å². The number of aryl methyl sites for hydroxylation is 3. The molecule has 0 spiro atoms. The lowest BCUT2D eigenvalue weighted by Crippen LogP contribution is -2.38. The van der Waals surface area contributed by atoms with E-state index in [0.29, 0.717) is 26.8 Å². The predicted molar refractivity (Wildman–Crippen MR) is 143 cm³/mol. The van der Waals surface area contributed by atoms with E-state index in [1.54, 1.807) is 38.1 Å². The minimum atomic E-state index is -4.10. The third kappa shape index (κ3) is 5.28. The molecule has 36 heavy (non-hydrogen) atoms. The van der Waals surface area contributed by atoms with Gasteiger partial charge in [-0.3, -0.25) is 9.10 Å². The van der Waals surface area contributed by atoms with E-state index in [1.165, 1.54) is 29.5 Å². The zero-order valence-corrected chi connectivity index (χ0v) is 22.6. The molecule has 7 nitrogen and oxygen atoms in total. The highest BCUT2D eigenvalue weighted by atomic mass is 35.5. The molecule has 2 aromatic carbocycles. The van der Waals surface area contributed by atoms with Crippen LogP contribution in [0, 0.1) is 13.8 Å². The summed E-state index contributed by atoms with van der Waals surface area (Å²) in [4.78, 5) is 27.1. The van der Waals surface area contributed by atoms with Gasteiger partial charge in [0, 0.05) is 9.90 Å². The number of halogens is 1. The van der Waals surface area contributed by atoms with E-state index in [-0.39, 0.29) is 11.5 Å². The van der Waals surface area contributed by atoms with Crippen LogP contribution < -0.4 is 9.62 Å². The first-order valence-corrected chi connectivity index (χ1v) is 14.2. The van der Waals surface area contributed by atoms with Crippen LogP contribution >= 0.6 is 22.9 Å². The number of nitrogens with one attached hydrogen (secondary N) is 1. The van der Waals surface area contributed by atoms with E-state index >= 15 is 0 Å². The van der Waals surface area contributed by atoms with E-state index in [1.807, 2.05) is 6.92 Å². The molecule has 1 aliphatic rings. The maximum absolute atomic E-state index is 13.7. The van der Waals surface area contributed by atoms with Crippen LogP contribution in [0.25, 0.3) is 0 Å². The molecule has 4 rings (SSSR count). The Bertz CT molecular complexity index is 1410. The normalized spacial score (nSPS) is 12.8. The summed E-state index contributed by atoms with van der Waals surface area (Å²) in [5.74, 6) is -1.06. The second-order valence-electron chi connectivity index (χ2n) is 8.59. The average Bonchev–Trinajstić information content (AvgIpc) is 3.40. The molecule has 0 saturated carbocycles. The monoisotopic (exact) mass is 546 g/mol. The summed E-state index contributed by atoms with van der Waals surface area (Å²) in [5.41, 5.74) is 3.13. The molecule has 1 heterocycles. The molecule has 0 bridgehead atoms. The van der Waals surface area contributed by atoms with Crippen molar-refractivity contribution in [2.75, 3.05) is 22.8 Å². The van der Waals surface area contributed by atoms with Crippen molar-refractivity contribution in [2.45, 2.75) is 44.9 Å². The number of rotatable bonds is 8. The summed E-state index contributed by atoms with van der Waals surface area (Å²) in [5, 5.41) is 3.52. The number of esters is 1. The van der Waals surface area contributed by atoms with Crippen LogP contribution in [0.3, 0.4) is 0 Å². The van der Waals surface area contributed by atoms with Gasteiger partial charge in [-0.15, -0.1) is 11.3 Å². The van der Waals surface area contributed by atoms with Crippen LogP contribution in [0.4, 0.5) is 10.7 Å². The van der Waals surface area contributed by atoms with E-state index in [0.717, 1.165) is 39.6 Å². The van der Waals surface area contributed by atoms with Crippen molar-refractivity contribution in [1.29, 1.82) is 0 Å². The zero-order chi connectivity index (χ0) is 26.0. The first-order valence-electron chi connectivity index (χ1n) is 11.6. The number of fused-ring (bicyclic) bond motifs is 1. The smallest absolute Gasteiger partial charge is 0.341 e. The highest BCUT2D eigenvalue weighted by Crippen LogP contribution is 2.39. The molecular formula is C26H27ClN2O5S2. The van der Waals surface area contributed by atoms with Crippen molar-refractivity contribution in [3.63, 3.8) is 0 Å². The Hall–Kier alpha value is -2.88. The van der Waals surface area contributed by atoms with Crippen LogP contribution in [0.15, 0.2) is 47.4 Å². The first-order chi connectivity index (χ1) is 17.1. The van der Waals surface area contributed by atoms with Crippen molar-refractivity contribution in [3.05, 3.63) is 74.6 Å². The Kier molecular flexibility index (Phi) is 7.73. The standard InChI is InChI=1S/C26H27ClN2O5S2/c1-4-34-26(31)24-20-6-5-7-22(20)35-25(24)28-23(30)15-29(21-14-18(27)11-10-17(21)3)36(32,33)19-12-8-16(2)9-13-19/h8-14H,4-7,15H2,1-3H3,(H,28,30). The highest BCUT2D eigenvalue weighted by molar-refractivity contribution is 7.92. The summed E-state index contributed by atoms with van der Waals surface area (Å²) < 4.78 is 33.7. The van der Waals surface area contributed by atoms with Crippen LogP contribution in [-0.2, 0) is 32.4 Å². The molecule has 1 aromatic heterocycles. The maximum atomic E-state index is 13.7. The molecule has 10 heteroatoms. The van der Waals surface area contributed by atoms with Gasteiger partial charge in [0.05, 0.1) is 22.8 Å². The zero-order valence-electron chi connectivity index (χ0n) is 20.3. The second kappa shape index (κ2) is 10.6. The van der Waals surface area contributed by atoms with Gasteiger partial charge in [-0.25, -0.2) is 13.2 Å². The molecule has 0 atom stereocenters. The molecular weight excluding hydrogens is 520 g/mol. The number of sulfonamides is 1. The van der Waals surface area contributed by atoms with E-state index < -0.39 is 28.4 Å². The molecule has 0 unspecified atom stereocenters. The lowest BCUT2D eigenvalue weighted by Gasteiger charge is -2.26. The number of carbonyl (C=O) groups is 2. The molecule has 0 aliphatic heterocycles. The van der Waals surface area contributed by atoms with Crippen molar-refractivity contribution >= 4 is 55.5 Å². The van der Waals surface area contributed by atoms with Crippen LogP contribution in [0.2, 0.25) is 5.02 Å². The molecule has 1 N–H and O–H groups in total. The molecule has 3 aromatic rings. The van der Waals surface area contributed by atoms with Crippen LogP contribution in [0.1, 0.15) is 45.3 Å². The third-order valence-electron chi connectivity index (χ3n) is 5.99. The van der Waals surface area contributed by atoms with Gasteiger partial charge in [0.25, 0.3) is 10.0 Å². The van der Waals surface area contributed by atoms with E-state index in [2.05, 4.69) is 5.32 Å². The fraction of sp³-hybridized carbons (Fsp3) is 0.308. The van der Waals surface area contributed by atoms with Crippen molar-refractivity contribution in [2.24, 2.45) is 0 Å². The SMILES string of the molecule is CCOC(=O)c1c(NC(=O)CN(c2cc(Cl)ccc2C)S(=O)(=O)c2ccc(C)cc2)sc2c1CCC2. The highest BCUT2D eigenvalue weighted by Gasteiger charge is 2.31. The Morgan fingerprint density at radius 3 is 2.53 bits per heavy atom. The van der Waals surface area contributed by atoms with E-state index in [4.69, 9.17) is 16.3 Å². The third-order valence-corrected chi connectivity index (χ3v) is 9.21. The number of anilines is 2. The second-order valence-corrected chi connectivity index (χ2v) is 12.0. The molecule has 0 saturated heterocycles. The molecule has 0 fully saturated rings. The Balaban J connectivity index is 1.70. The quantitative estimate of drug-likeness (QED) is 0.376. The summed E-state index contributed by atoms with van der Waals surface area (Å²) in [6.45, 7) is 5.06. The first kappa shape index (κ1) is 26.2. The van der Waals surface area contributed by atoms with Crippen molar-refractivity contribution in [1.82, 2.24) is 0 Å². The van der Waals surface area contributed by atoms with Gasteiger partial charge in [-0.2, -0.15) is 0 Å². The largest absolute Gasteiger partial charge is 0.462 e. The summed E-state index contributed by atoms with van der Waals surface area (Å²) >= 11 is 7.54. The van der Waals surface area contributed by atoms with E-state index in [9.17, 15) is 18.0 Å². The van der Waals surface area contributed by atoms with Gasteiger partial charge in [-0.1, -0.05) is 35.4 Å². The number of thiophene rings is 1. The lowest BCUT2D eigenvalue weighted by molar-refractivity contribution is -0.114. The molecule has 0 radical (unpaired) electrons. The Morgan fingerprint density at radius 2 is 1.83 bits per heavy atom. The van der Waals surface area contributed by atoms with Crippen molar-refractivity contribution in [3.8, 4) is 0 Å². The summed E-state index contributed by atoms with van der Waals surface area (Å²) in [6.07, 6.45) is 2.52. The number of hydrogen-bond acceptors (Lipinski definition) is 6. The lowest BCUT2D eigenvalue weighted by atomic mass is 10.1. The maximum Gasteiger partial charge on any atom is 0.341 e. The topological polar surface area (TPSA) is 92.8 Å². The minimum Gasteiger partial charge on any atom is -0.462 e. The molecule has 1 amide bonds. The fourth-order valence-corrected chi connectivity index (χ4v) is 7.13. The number of ether oxygens (including phenoxy) is 1. The molecule has 1 aliphatic carbocycles. The van der Waals surface area contributed by atoms with Crippen LogP contribution in [0.5, 0.6) is 0 Å². The van der Waals surface area contributed by atoms with Gasteiger partial charge in [0.15, 0.2) is 0 Å². The predicted octanol–water partition coefficient (Wildman–Crippen LogP) is 5.52. The van der Waals surface area contributed by atoms with Crippen molar-refractivity contribution < 1.29 is 22.7 Å². The number of carbonyl (C=O) groups excluding carboxylic acids is 2. The summed E-state index contributed by atoms with van der Waals surface area (Å²) in [7, 11) is -4.10.